The van der Waals surface area contributed by atoms with E-state index in [0.717, 1.165) is 6.42 Å². The van der Waals surface area contributed by atoms with Crippen molar-refractivity contribution in [2.45, 2.75) is 45.5 Å². The van der Waals surface area contributed by atoms with Gasteiger partial charge in [-0.2, -0.15) is 18.2 Å². The third kappa shape index (κ3) is 7.12. The molecule has 0 spiro atoms. The second kappa shape index (κ2) is 6.85. The number of aromatic nitrogens is 2. The van der Waals surface area contributed by atoms with Crippen molar-refractivity contribution >= 4 is 0 Å². The Kier molecular flexibility index (Phi) is 5.74. The molecule has 0 amide bonds. The first kappa shape index (κ1) is 15.9. The van der Waals surface area contributed by atoms with Crippen LogP contribution >= 0.6 is 0 Å². The highest BCUT2D eigenvalue weighted by atomic mass is 19.4. The van der Waals surface area contributed by atoms with Crippen molar-refractivity contribution in [3.05, 3.63) is 11.7 Å². The maximum atomic E-state index is 11.9. The van der Waals surface area contributed by atoms with Gasteiger partial charge in [-0.3, -0.25) is 0 Å². The molecule has 1 aromatic rings. The minimum Gasteiger partial charge on any atom is -0.364 e. The van der Waals surface area contributed by atoms with E-state index in [1.165, 1.54) is 0 Å². The highest BCUT2D eigenvalue weighted by Gasteiger charge is 2.27. The third-order valence-corrected chi connectivity index (χ3v) is 2.22. The lowest BCUT2D eigenvalue weighted by molar-refractivity contribution is -0.177. The molecule has 0 aliphatic rings. The van der Waals surface area contributed by atoms with E-state index in [-0.39, 0.29) is 18.5 Å². The van der Waals surface area contributed by atoms with Gasteiger partial charge in [-0.15, -0.1) is 0 Å². The molecule has 1 unspecified atom stereocenters. The standard InChI is InChI=1S/C11H18F3N3O2/c1-7(2)3-8(15)4-10-16-9(17-19-10)5-18-6-11(12,13)14/h7-8H,3-6,15H2,1-2H3. The molecule has 0 aliphatic carbocycles. The summed E-state index contributed by atoms with van der Waals surface area (Å²) < 4.78 is 44.9. The number of nitrogens with two attached hydrogens (primary N) is 1. The fourth-order valence-corrected chi connectivity index (χ4v) is 1.60. The monoisotopic (exact) mass is 281 g/mol. The molecule has 0 fully saturated rings. The van der Waals surface area contributed by atoms with E-state index >= 15 is 0 Å². The van der Waals surface area contributed by atoms with E-state index in [1.54, 1.807) is 0 Å². The zero-order valence-corrected chi connectivity index (χ0v) is 10.9. The highest BCUT2D eigenvalue weighted by molar-refractivity contribution is 4.88. The maximum absolute atomic E-state index is 11.9. The molecule has 0 saturated carbocycles. The van der Waals surface area contributed by atoms with Gasteiger partial charge in [0.1, 0.15) is 13.2 Å². The maximum Gasteiger partial charge on any atom is 0.411 e. The minimum atomic E-state index is -4.35. The first-order valence-corrected chi connectivity index (χ1v) is 5.98. The van der Waals surface area contributed by atoms with Gasteiger partial charge < -0.3 is 15.0 Å². The SMILES string of the molecule is CC(C)CC(N)Cc1nc(COCC(F)(F)F)no1. The molecule has 2 N–H and O–H groups in total. The molecule has 110 valence electrons. The summed E-state index contributed by atoms with van der Waals surface area (Å²) in [6.07, 6.45) is -3.14. The second-order valence-electron chi connectivity index (χ2n) is 4.81. The molecule has 0 aromatic carbocycles. The zero-order chi connectivity index (χ0) is 14.5. The number of ether oxygens (including phenoxy) is 1. The quantitative estimate of drug-likeness (QED) is 0.828. The van der Waals surface area contributed by atoms with E-state index < -0.39 is 12.8 Å². The van der Waals surface area contributed by atoms with Gasteiger partial charge >= 0.3 is 6.18 Å². The van der Waals surface area contributed by atoms with Crippen molar-refractivity contribution in [3.63, 3.8) is 0 Å². The van der Waals surface area contributed by atoms with Crippen LogP contribution in [0.15, 0.2) is 4.52 Å². The number of alkyl halides is 3. The Morgan fingerprint density at radius 1 is 1.37 bits per heavy atom. The van der Waals surface area contributed by atoms with E-state index in [2.05, 4.69) is 14.9 Å². The van der Waals surface area contributed by atoms with Crippen LogP contribution in [-0.4, -0.2) is 29.0 Å². The van der Waals surface area contributed by atoms with E-state index in [1.807, 2.05) is 13.8 Å². The Bertz CT molecular complexity index is 380. The molecule has 19 heavy (non-hydrogen) atoms. The molecule has 1 rings (SSSR count). The van der Waals surface area contributed by atoms with E-state index in [4.69, 9.17) is 10.3 Å². The van der Waals surface area contributed by atoms with E-state index in [9.17, 15) is 13.2 Å². The van der Waals surface area contributed by atoms with Crippen LogP contribution in [0, 0.1) is 5.92 Å². The number of rotatable bonds is 7. The molecule has 8 heteroatoms. The fourth-order valence-electron chi connectivity index (χ4n) is 1.60. The second-order valence-corrected chi connectivity index (χ2v) is 4.81. The van der Waals surface area contributed by atoms with Crippen LogP contribution in [0.2, 0.25) is 0 Å². The summed E-state index contributed by atoms with van der Waals surface area (Å²) in [5.41, 5.74) is 5.87. The molecule has 0 radical (unpaired) electrons. The lowest BCUT2D eigenvalue weighted by Gasteiger charge is -2.10. The number of hydrogen-bond acceptors (Lipinski definition) is 5. The van der Waals surface area contributed by atoms with Gasteiger partial charge in [-0.25, -0.2) is 0 Å². The Morgan fingerprint density at radius 3 is 2.63 bits per heavy atom. The molecule has 1 aromatic heterocycles. The molecule has 0 bridgehead atoms. The number of halogens is 3. The van der Waals surface area contributed by atoms with Gasteiger partial charge in [-0.05, 0) is 12.3 Å². The third-order valence-electron chi connectivity index (χ3n) is 2.22. The number of hydrogen-bond donors (Lipinski definition) is 1. The minimum absolute atomic E-state index is 0.0935. The smallest absolute Gasteiger partial charge is 0.364 e. The van der Waals surface area contributed by atoms with Gasteiger partial charge in [0, 0.05) is 12.5 Å². The summed E-state index contributed by atoms with van der Waals surface area (Å²) in [5.74, 6) is 0.863. The molecule has 0 aliphatic heterocycles. The van der Waals surface area contributed by atoms with Crippen molar-refractivity contribution < 1.29 is 22.4 Å². The average Bonchev–Trinajstić information content (AvgIpc) is 2.62. The summed E-state index contributed by atoms with van der Waals surface area (Å²) in [4.78, 5) is 3.93. The van der Waals surface area contributed by atoms with Gasteiger partial charge in [0.25, 0.3) is 0 Å². The van der Waals surface area contributed by atoms with Crippen LogP contribution in [0.4, 0.5) is 13.2 Å². The fraction of sp³-hybridized carbons (Fsp3) is 0.818. The first-order valence-electron chi connectivity index (χ1n) is 5.98. The molecule has 1 atom stereocenters. The molecule has 0 saturated heterocycles. The van der Waals surface area contributed by atoms with Crippen molar-refractivity contribution in [3.8, 4) is 0 Å². The van der Waals surface area contributed by atoms with Gasteiger partial charge in [0.2, 0.25) is 5.89 Å². The molecule has 1 heterocycles. The van der Waals surface area contributed by atoms with Crippen molar-refractivity contribution in [2.75, 3.05) is 6.61 Å². The van der Waals surface area contributed by atoms with Gasteiger partial charge in [0.15, 0.2) is 5.82 Å². The lowest BCUT2D eigenvalue weighted by Crippen LogP contribution is -2.24. The molecular weight excluding hydrogens is 263 g/mol. The summed E-state index contributed by atoms with van der Waals surface area (Å²) in [6, 6.07) is -0.107. The van der Waals surface area contributed by atoms with Gasteiger partial charge in [-0.1, -0.05) is 19.0 Å². The highest BCUT2D eigenvalue weighted by Crippen LogP contribution is 2.15. The van der Waals surface area contributed by atoms with Crippen molar-refractivity contribution in [1.29, 1.82) is 0 Å². The van der Waals surface area contributed by atoms with Crippen molar-refractivity contribution in [1.82, 2.24) is 10.1 Å². The molecule has 5 nitrogen and oxygen atoms in total. The largest absolute Gasteiger partial charge is 0.411 e. The zero-order valence-electron chi connectivity index (χ0n) is 10.9. The van der Waals surface area contributed by atoms with Gasteiger partial charge in [0.05, 0.1) is 0 Å². The van der Waals surface area contributed by atoms with Crippen LogP contribution < -0.4 is 5.73 Å². The molecular formula is C11H18F3N3O2. The first-order chi connectivity index (χ1) is 8.76. The summed E-state index contributed by atoms with van der Waals surface area (Å²) in [7, 11) is 0. The lowest BCUT2D eigenvalue weighted by atomic mass is 10.0. The normalized spacial score (nSPS) is 14.1. The average molecular weight is 281 g/mol. The van der Waals surface area contributed by atoms with E-state index in [0.29, 0.717) is 18.2 Å². The Hall–Kier alpha value is -1.15. The van der Waals surface area contributed by atoms with Crippen LogP contribution in [0.1, 0.15) is 32.0 Å². The predicted octanol–water partition coefficient (Wildman–Crippen LogP) is 2.06. The summed E-state index contributed by atoms with van der Waals surface area (Å²) in [6.45, 7) is 2.43. The predicted molar refractivity (Wildman–Crippen MR) is 61.1 cm³/mol. The Balaban J connectivity index is 2.36. The summed E-state index contributed by atoms with van der Waals surface area (Å²) in [5, 5.41) is 3.53. The van der Waals surface area contributed by atoms with Crippen LogP contribution in [0.3, 0.4) is 0 Å². The Labute approximate surface area is 109 Å². The van der Waals surface area contributed by atoms with Crippen molar-refractivity contribution in [2.24, 2.45) is 11.7 Å². The van der Waals surface area contributed by atoms with Crippen LogP contribution in [-0.2, 0) is 17.8 Å². The topological polar surface area (TPSA) is 74.2 Å². The summed E-state index contributed by atoms with van der Waals surface area (Å²) >= 11 is 0. The Morgan fingerprint density at radius 2 is 2.05 bits per heavy atom. The number of nitrogens with zero attached hydrogens (tertiary/aromatic N) is 2. The van der Waals surface area contributed by atoms with Crippen LogP contribution in [0.25, 0.3) is 0 Å². The van der Waals surface area contributed by atoms with Crippen LogP contribution in [0.5, 0.6) is 0 Å².